The number of benzene rings is 4. The standard InChI is InChI=1S/C38H45NO7/c40-22-33(23-41)39-34-21-38(42,28-43-24-29-13-5-1-6-14-29)37(46-27-32-19-11-4-12-20-32)36(45-26-31-17-9-3-10-18-31)35(34)44-25-30-15-7-2-8-16-30/h1-20,33-37,39-42H,21-28H2. The number of nitrogens with one attached hydrogen (secondary N) is 1. The Labute approximate surface area is 271 Å². The monoisotopic (exact) mass is 627 g/mol. The number of rotatable bonds is 17. The van der Waals surface area contributed by atoms with Crippen molar-refractivity contribution in [3.63, 3.8) is 0 Å². The molecule has 0 radical (unpaired) electrons. The lowest BCUT2D eigenvalue weighted by atomic mass is 9.75. The van der Waals surface area contributed by atoms with Crippen molar-refractivity contribution in [3.8, 4) is 0 Å². The van der Waals surface area contributed by atoms with Crippen LogP contribution in [0.3, 0.4) is 0 Å². The first kappa shape index (κ1) is 33.9. The molecule has 46 heavy (non-hydrogen) atoms. The molecular formula is C38H45NO7. The minimum atomic E-state index is -1.51. The molecule has 1 aliphatic rings. The van der Waals surface area contributed by atoms with Crippen molar-refractivity contribution >= 4 is 0 Å². The average Bonchev–Trinajstić information content (AvgIpc) is 3.10. The van der Waals surface area contributed by atoms with Crippen LogP contribution in [0.5, 0.6) is 0 Å². The molecular weight excluding hydrogens is 582 g/mol. The van der Waals surface area contributed by atoms with Crippen LogP contribution in [-0.4, -0.2) is 71.1 Å². The fraction of sp³-hybridized carbons (Fsp3) is 0.368. The fourth-order valence-electron chi connectivity index (χ4n) is 5.94. The van der Waals surface area contributed by atoms with E-state index in [9.17, 15) is 15.3 Å². The molecule has 0 amide bonds. The number of ether oxygens (including phenoxy) is 4. The highest BCUT2D eigenvalue weighted by Gasteiger charge is 2.55. The normalized spacial score (nSPS) is 23.0. The summed E-state index contributed by atoms with van der Waals surface area (Å²) in [5.74, 6) is 0. The van der Waals surface area contributed by atoms with Crippen LogP contribution in [0.4, 0.5) is 0 Å². The van der Waals surface area contributed by atoms with Gasteiger partial charge in [0.1, 0.15) is 23.9 Å². The van der Waals surface area contributed by atoms with E-state index in [2.05, 4.69) is 5.32 Å². The second kappa shape index (κ2) is 17.5. The SMILES string of the molecule is OCC(CO)NC1CC(O)(COCc2ccccc2)C(OCc2ccccc2)C(OCc2ccccc2)C1OCc1ccccc1. The highest BCUT2D eigenvalue weighted by Crippen LogP contribution is 2.37. The van der Waals surface area contributed by atoms with Crippen molar-refractivity contribution in [2.24, 2.45) is 0 Å². The largest absolute Gasteiger partial charge is 0.395 e. The van der Waals surface area contributed by atoms with Crippen LogP contribution in [-0.2, 0) is 45.4 Å². The number of hydrogen-bond donors (Lipinski definition) is 4. The molecule has 0 aromatic heterocycles. The van der Waals surface area contributed by atoms with Gasteiger partial charge >= 0.3 is 0 Å². The zero-order valence-corrected chi connectivity index (χ0v) is 26.1. The third-order valence-electron chi connectivity index (χ3n) is 8.32. The van der Waals surface area contributed by atoms with Crippen molar-refractivity contribution in [2.45, 2.75) is 68.8 Å². The molecule has 0 aliphatic heterocycles. The van der Waals surface area contributed by atoms with E-state index in [1.54, 1.807) is 0 Å². The third-order valence-corrected chi connectivity index (χ3v) is 8.32. The molecule has 1 saturated carbocycles. The fourth-order valence-corrected chi connectivity index (χ4v) is 5.94. The van der Waals surface area contributed by atoms with Gasteiger partial charge in [0.25, 0.3) is 0 Å². The number of hydrogen-bond acceptors (Lipinski definition) is 8. The molecule has 244 valence electrons. The first-order valence-electron chi connectivity index (χ1n) is 15.9. The first-order valence-corrected chi connectivity index (χ1v) is 15.9. The van der Waals surface area contributed by atoms with Gasteiger partial charge in [-0.05, 0) is 28.7 Å². The van der Waals surface area contributed by atoms with Gasteiger partial charge in [-0.25, -0.2) is 0 Å². The van der Waals surface area contributed by atoms with E-state index < -0.39 is 36.0 Å². The van der Waals surface area contributed by atoms with Crippen LogP contribution >= 0.6 is 0 Å². The lowest BCUT2D eigenvalue weighted by molar-refractivity contribution is -0.256. The summed E-state index contributed by atoms with van der Waals surface area (Å²) in [4.78, 5) is 0. The van der Waals surface area contributed by atoms with Crippen LogP contribution in [0.1, 0.15) is 28.7 Å². The Kier molecular flexibility index (Phi) is 12.9. The summed E-state index contributed by atoms with van der Waals surface area (Å²) in [5.41, 5.74) is 2.38. The molecule has 1 fully saturated rings. The summed E-state index contributed by atoms with van der Waals surface area (Å²) in [6.45, 7) is 0.517. The summed E-state index contributed by atoms with van der Waals surface area (Å²) in [6, 6.07) is 38.2. The van der Waals surface area contributed by atoms with Gasteiger partial charge < -0.3 is 39.6 Å². The van der Waals surface area contributed by atoms with E-state index in [0.29, 0.717) is 13.2 Å². The Morgan fingerprint density at radius 1 is 0.587 bits per heavy atom. The van der Waals surface area contributed by atoms with Gasteiger partial charge in [-0.1, -0.05) is 121 Å². The molecule has 5 atom stereocenters. The first-order chi connectivity index (χ1) is 22.6. The molecule has 5 rings (SSSR count). The van der Waals surface area contributed by atoms with Crippen molar-refractivity contribution in [3.05, 3.63) is 144 Å². The number of aliphatic hydroxyl groups excluding tert-OH is 2. The smallest absolute Gasteiger partial charge is 0.118 e. The van der Waals surface area contributed by atoms with Crippen LogP contribution in [0.2, 0.25) is 0 Å². The second-order valence-electron chi connectivity index (χ2n) is 11.9. The zero-order valence-electron chi connectivity index (χ0n) is 26.1. The summed E-state index contributed by atoms with van der Waals surface area (Å²) in [5, 5.41) is 35.9. The molecule has 8 nitrogen and oxygen atoms in total. The maximum absolute atomic E-state index is 12.5. The quantitative estimate of drug-likeness (QED) is 0.136. The van der Waals surface area contributed by atoms with E-state index in [0.717, 1.165) is 22.3 Å². The average molecular weight is 628 g/mol. The van der Waals surface area contributed by atoms with Gasteiger partial charge in [-0.3, -0.25) is 0 Å². The van der Waals surface area contributed by atoms with E-state index in [-0.39, 0.29) is 39.5 Å². The zero-order chi connectivity index (χ0) is 32.0. The third kappa shape index (κ3) is 9.54. The Hall–Kier alpha value is -3.44. The van der Waals surface area contributed by atoms with Gasteiger partial charge in [-0.2, -0.15) is 0 Å². The molecule has 0 bridgehead atoms. The van der Waals surface area contributed by atoms with Crippen molar-refractivity contribution < 1.29 is 34.3 Å². The predicted octanol–water partition coefficient (Wildman–Crippen LogP) is 4.41. The summed E-state index contributed by atoms with van der Waals surface area (Å²) < 4.78 is 26.1. The Morgan fingerprint density at radius 3 is 1.46 bits per heavy atom. The van der Waals surface area contributed by atoms with Crippen LogP contribution < -0.4 is 5.32 Å². The van der Waals surface area contributed by atoms with Crippen molar-refractivity contribution in [1.29, 1.82) is 0 Å². The van der Waals surface area contributed by atoms with E-state index in [1.807, 2.05) is 121 Å². The summed E-state index contributed by atoms with van der Waals surface area (Å²) in [6.07, 6.45) is -2.03. The predicted molar refractivity (Wildman–Crippen MR) is 176 cm³/mol. The van der Waals surface area contributed by atoms with E-state index >= 15 is 0 Å². The van der Waals surface area contributed by atoms with Gasteiger partial charge in [0.15, 0.2) is 0 Å². The Morgan fingerprint density at radius 2 is 1.00 bits per heavy atom. The molecule has 1 aliphatic carbocycles. The minimum Gasteiger partial charge on any atom is -0.395 e. The molecule has 0 saturated heterocycles. The van der Waals surface area contributed by atoms with E-state index in [1.165, 1.54) is 0 Å². The number of aliphatic hydroxyl groups is 3. The summed E-state index contributed by atoms with van der Waals surface area (Å²) >= 11 is 0. The molecule has 4 N–H and O–H groups in total. The lowest BCUT2D eigenvalue weighted by Gasteiger charge is -2.51. The molecule has 4 aromatic carbocycles. The van der Waals surface area contributed by atoms with Crippen LogP contribution in [0.15, 0.2) is 121 Å². The topological polar surface area (TPSA) is 110 Å². The maximum atomic E-state index is 12.5. The maximum Gasteiger partial charge on any atom is 0.118 e. The van der Waals surface area contributed by atoms with E-state index in [4.69, 9.17) is 18.9 Å². The van der Waals surface area contributed by atoms with Gasteiger partial charge in [0.2, 0.25) is 0 Å². The van der Waals surface area contributed by atoms with Gasteiger partial charge in [0, 0.05) is 6.04 Å². The lowest BCUT2D eigenvalue weighted by Crippen LogP contribution is -2.70. The van der Waals surface area contributed by atoms with Gasteiger partial charge in [0.05, 0.1) is 52.3 Å². The molecule has 5 unspecified atom stereocenters. The molecule has 4 aromatic rings. The van der Waals surface area contributed by atoms with Crippen LogP contribution in [0.25, 0.3) is 0 Å². The Bertz CT molecular complexity index is 1390. The Balaban J connectivity index is 1.48. The van der Waals surface area contributed by atoms with Crippen LogP contribution in [0, 0.1) is 0 Å². The second-order valence-corrected chi connectivity index (χ2v) is 11.9. The highest BCUT2D eigenvalue weighted by atomic mass is 16.6. The molecule has 0 heterocycles. The molecule has 0 spiro atoms. The highest BCUT2D eigenvalue weighted by molar-refractivity contribution is 5.18. The summed E-state index contributed by atoms with van der Waals surface area (Å²) in [7, 11) is 0. The van der Waals surface area contributed by atoms with Gasteiger partial charge in [-0.15, -0.1) is 0 Å². The van der Waals surface area contributed by atoms with Crippen molar-refractivity contribution in [2.75, 3.05) is 19.8 Å². The molecule has 8 heteroatoms. The van der Waals surface area contributed by atoms with Crippen molar-refractivity contribution in [1.82, 2.24) is 5.32 Å². The minimum absolute atomic E-state index is 0.0287.